The quantitative estimate of drug-likeness (QED) is 0.875. The first-order valence-electron chi connectivity index (χ1n) is 5.73. The number of halogens is 1. The maximum Gasteiger partial charge on any atom is 0.128 e. The van der Waals surface area contributed by atoms with Crippen LogP contribution in [0.5, 0.6) is 11.5 Å². The van der Waals surface area contributed by atoms with Crippen LogP contribution >= 0.6 is 11.6 Å². The van der Waals surface area contributed by atoms with E-state index in [1.165, 1.54) is 11.1 Å². The lowest BCUT2D eigenvalue weighted by atomic mass is 10.1. The van der Waals surface area contributed by atoms with E-state index in [0.29, 0.717) is 19.3 Å². The number of benzene rings is 1. The van der Waals surface area contributed by atoms with Crippen LogP contribution in [0.3, 0.4) is 0 Å². The van der Waals surface area contributed by atoms with Crippen LogP contribution in [0.2, 0.25) is 0 Å². The molecule has 1 N–H and O–H groups in total. The maximum absolute atomic E-state index is 5.62. The molecule has 1 aromatic carbocycles. The van der Waals surface area contributed by atoms with Crippen LogP contribution in [-0.4, -0.2) is 19.8 Å². The predicted octanol–water partition coefficient (Wildman–Crippen LogP) is 2.86. The zero-order chi connectivity index (χ0) is 12.1. The maximum atomic E-state index is 5.62. The van der Waals surface area contributed by atoms with E-state index < -0.39 is 0 Å². The molecular formula is C13H16ClNO2. The molecule has 4 heteroatoms. The van der Waals surface area contributed by atoms with Crippen molar-refractivity contribution in [2.24, 2.45) is 0 Å². The zero-order valence-corrected chi connectivity index (χ0v) is 10.5. The van der Waals surface area contributed by atoms with Crippen LogP contribution in [0, 0.1) is 0 Å². The molecule has 1 unspecified atom stereocenters. The summed E-state index contributed by atoms with van der Waals surface area (Å²) in [4.78, 5) is 0. The van der Waals surface area contributed by atoms with E-state index >= 15 is 0 Å². The third-order valence-corrected chi connectivity index (χ3v) is 2.83. The number of rotatable bonds is 5. The summed E-state index contributed by atoms with van der Waals surface area (Å²) in [7, 11) is 0. The van der Waals surface area contributed by atoms with E-state index in [1.54, 1.807) is 6.08 Å². The summed E-state index contributed by atoms with van der Waals surface area (Å²) in [5.74, 6) is 1.71. The molecule has 0 bridgehead atoms. The van der Waals surface area contributed by atoms with Gasteiger partial charge in [-0.15, -0.1) is 0 Å². The van der Waals surface area contributed by atoms with E-state index in [0.717, 1.165) is 18.0 Å². The molecule has 0 aromatic heterocycles. The monoisotopic (exact) mass is 253 g/mol. The third-order valence-electron chi connectivity index (χ3n) is 2.65. The second-order valence-electron chi connectivity index (χ2n) is 3.79. The fourth-order valence-corrected chi connectivity index (χ4v) is 1.95. The molecule has 0 saturated carbocycles. The Morgan fingerprint density at radius 2 is 2.47 bits per heavy atom. The summed E-state index contributed by atoms with van der Waals surface area (Å²) in [6.07, 6.45) is 1.75. The van der Waals surface area contributed by atoms with Crippen molar-refractivity contribution in [3.63, 3.8) is 0 Å². The van der Waals surface area contributed by atoms with Gasteiger partial charge in [-0.05, 0) is 24.8 Å². The highest BCUT2D eigenvalue weighted by molar-refractivity contribution is 6.25. The molecule has 1 aromatic rings. The molecule has 0 saturated heterocycles. The van der Waals surface area contributed by atoms with Gasteiger partial charge in [-0.3, -0.25) is 0 Å². The first-order chi connectivity index (χ1) is 8.35. The fourth-order valence-electron chi connectivity index (χ4n) is 1.88. The van der Waals surface area contributed by atoms with Gasteiger partial charge in [-0.25, -0.2) is 0 Å². The summed E-state index contributed by atoms with van der Waals surface area (Å²) in [6.45, 7) is 4.19. The minimum atomic E-state index is 0.298. The SMILES string of the molecule is CCNC1COc2cc(OCC=CCl)ccc21. The lowest BCUT2D eigenvalue weighted by molar-refractivity contribution is 0.310. The Morgan fingerprint density at radius 3 is 3.24 bits per heavy atom. The Balaban J connectivity index is 2.05. The molecule has 0 fully saturated rings. The Labute approximate surface area is 106 Å². The van der Waals surface area contributed by atoms with E-state index in [-0.39, 0.29) is 0 Å². The van der Waals surface area contributed by atoms with Gasteiger partial charge in [0.1, 0.15) is 24.7 Å². The molecule has 3 nitrogen and oxygen atoms in total. The minimum Gasteiger partial charge on any atom is -0.491 e. The highest BCUT2D eigenvalue weighted by Gasteiger charge is 2.23. The van der Waals surface area contributed by atoms with Crippen LogP contribution in [0.4, 0.5) is 0 Å². The van der Waals surface area contributed by atoms with Gasteiger partial charge in [-0.2, -0.15) is 0 Å². The largest absolute Gasteiger partial charge is 0.491 e. The van der Waals surface area contributed by atoms with Crippen LogP contribution in [0.1, 0.15) is 18.5 Å². The van der Waals surface area contributed by atoms with Gasteiger partial charge in [0.15, 0.2) is 0 Å². The second-order valence-corrected chi connectivity index (χ2v) is 4.05. The number of hydrogen-bond donors (Lipinski definition) is 1. The number of likely N-dealkylation sites (N-methyl/N-ethyl adjacent to an activating group) is 1. The van der Waals surface area contributed by atoms with E-state index in [4.69, 9.17) is 21.1 Å². The Bertz CT molecular complexity index is 406. The van der Waals surface area contributed by atoms with Crippen LogP contribution in [-0.2, 0) is 0 Å². The summed E-state index contributed by atoms with van der Waals surface area (Å²) in [5.41, 5.74) is 2.65. The standard InChI is InChI=1S/C13H16ClNO2/c1-2-15-12-9-17-13-8-10(4-5-11(12)13)16-7-3-6-14/h3-6,8,12,15H,2,7,9H2,1H3. The summed E-state index contributed by atoms with van der Waals surface area (Å²) < 4.78 is 11.1. The molecule has 0 aliphatic carbocycles. The van der Waals surface area contributed by atoms with Crippen molar-refractivity contribution in [2.45, 2.75) is 13.0 Å². The zero-order valence-electron chi connectivity index (χ0n) is 9.78. The van der Waals surface area contributed by atoms with Gasteiger partial charge in [-0.1, -0.05) is 18.5 Å². The lowest BCUT2D eigenvalue weighted by Crippen LogP contribution is -2.21. The number of hydrogen-bond acceptors (Lipinski definition) is 3. The van der Waals surface area contributed by atoms with E-state index in [9.17, 15) is 0 Å². The lowest BCUT2D eigenvalue weighted by Gasteiger charge is -2.09. The number of fused-ring (bicyclic) bond motifs is 1. The van der Waals surface area contributed by atoms with Gasteiger partial charge >= 0.3 is 0 Å². The smallest absolute Gasteiger partial charge is 0.128 e. The van der Waals surface area contributed by atoms with Gasteiger partial charge in [0.2, 0.25) is 0 Å². The topological polar surface area (TPSA) is 30.5 Å². The Hall–Kier alpha value is -1.19. The summed E-state index contributed by atoms with van der Waals surface area (Å²) >= 11 is 5.42. The van der Waals surface area contributed by atoms with Gasteiger partial charge in [0.05, 0.1) is 6.04 Å². The minimum absolute atomic E-state index is 0.298. The fraction of sp³-hybridized carbons (Fsp3) is 0.385. The molecule has 0 amide bonds. The molecule has 1 aliphatic heterocycles. The van der Waals surface area contributed by atoms with Crippen molar-refractivity contribution in [3.05, 3.63) is 35.4 Å². The highest BCUT2D eigenvalue weighted by Crippen LogP contribution is 2.35. The summed E-state index contributed by atoms with van der Waals surface area (Å²) in [5, 5.41) is 3.38. The van der Waals surface area contributed by atoms with Crippen molar-refractivity contribution in [3.8, 4) is 11.5 Å². The van der Waals surface area contributed by atoms with Gasteiger partial charge < -0.3 is 14.8 Å². The van der Waals surface area contributed by atoms with Crippen LogP contribution in [0.25, 0.3) is 0 Å². The average Bonchev–Trinajstić information content (AvgIpc) is 2.73. The van der Waals surface area contributed by atoms with Crippen molar-refractivity contribution in [1.82, 2.24) is 5.32 Å². The predicted molar refractivity (Wildman–Crippen MR) is 68.8 cm³/mol. The first-order valence-corrected chi connectivity index (χ1v) is 6.17. The first kappa shape index (κ1) is 12.3. The normalized spacial score (nSPS) is 18.1. The van der Waals surface area contributed by atoms with Crippen molar-refractivity contribution < 1.29 is 9.47 Å². The van der Waals surface area contributed by atoms with Crippen molar-refractivity contribution in [2.75, 3.05) is 19.8 Å². The molecule has 0 radical (unpaired) electrons. The Morgan fingerprint density at radius 1 is 1.59 bits per heavy atom. The third kappa shape index (κ3) is 2.93. The Kier molecular flexibility index (Phi) is 4.29. The average molecular weight is 254 g/mol. The number of ether oxygens (including phenoxy) is 2. The summed E-state index contributed by atoms with van der Waals surface area (Å²) in [6, 6.07) is 6.23. The number of nitrogens with one attached hydrogen (secondary N) is 1. The highest BCUT2D eigenvalue weighted by atomic mass is 35.5. The molecule has 1 aliphatic rings. The van der Waals surface area contributed by atoms with Crippen LogP contribution < -0.4 is 14.8 Å². The molecular weight excluding hydrogens is 238 g/mol. The molecule has 92 valence electrons. The molecule has 2 rings (SSSR count). The van der Waals surface area contributed by atoms with Gasteiger partial charge in [0.25, 0.3) is 0 Å². The van der Waals surface area contributed by atoms with Crippen LogP contribution in [0.15, 0.2) is 29.8 Å². The molecule has 17 heavy (non-hydrogen) atoms. The molecule has 1 heterocycles. The van der Waals surface area contributed by atoms with E-state index in [2.05, 4.69) is 18.3 Å². The van der Waals surface area contributed by atoms with Gasteiger partial charge in [0, 0.05) is 17.2 Å². The van der Waals surface area contributed by atoms with E-state index in [1.807, 2.05) is 12.1 Å². The molecule has 1 atom stereocenters. The van der Waals surface area contributed by atoms with Crippen molar-refractivity contribution in [1.29, 1.82) is 0 Å². The second kappa shape index (κ2) is 5.94. The molecule has 0 spiro atoms. The van der Waals surface area contributed by atoms with Crippen molar-refractivity contribution >= 4 is 11.6 Å².